The number of amides is 2. The fraction of sp³-hybridized carbons (Fsp3) is 0.500. The molecule has 8 nitrogen and oxygen atoms in total. The number of aryl methyl sites for hydroxylation is 2. The number of carbonyl (C=O) groups is 2. The van der Waals surface area contributed by atoms with Gasteiger partial charge in [0.1, 0.15) is 18.3 Å². The highest BCUT2D eigenvalue weighted by atomic mass is 16.5. The fourth-order valence-corrected chi connectivity index (χ4v) is 4.38. The first-order chi connectivity index (χ1) is 16.5. The Bertz CT molecular complexity index is 1030. The van der Waals surface area contributed by atoms with E-state index in [2.05, 4.69) is 30.9 Å². The molecule has 34 heavy (non-hydrogen) atoms. The van der Waals surface area contributed by atoms with E-state index in [4.69, 9.17) is 14.3 Å². The minimum atomic E-state index is -0.322. The molecule has 1 unspecified atom stereocenters. The summed E-state index contributed by atoms with van der Waals surface area (Å²) in [6, 6.07) is 9.60. The van der Waals surface area contributed by atoms with Gasteiger partial charge in [0.2, 0.25) is 5.91 Å². The molecule has 2 amide bonds. The third kappa shape index (κ3) is 5.56. The minimum Gasteiger partial charge on any atom is -0.467 e. The standard InChI is InChI=1S/C26H34N4O4/c1-4-25(31)29(10-9-28-11-14-33-15-12-28)18-26(32)30-23(24-6-5-13-34-24)17-22(27-30)21-8-7-19(2)20(3)16-21/h5-8,13,16,23H,4,9-12,14-15,17-18H2,1-3H3. The molecule has 2 aromatic rings. The lowest BCUT2D eigenvalue weighted by Crippen LogP contribution is -2.46. The lowest BCUT2D eigenvalue weighted by Gasteiger charge is -2.30. The molecule has 1 aromatic heterocycles. The van der Waals surface area contributed by atoms with E-state index in [9.17, 15) is 9.59 Å². The quantitative estimate of drug-likeness (QED) is 0.597. The van der Waals surface area contributed by atoms with Crippen molar-refractivity contribution in [3.05, 3.63) is 59.0 Å². The van der Waals surface area contributed by atoms with Crippen molar-refractivity contribution in [1.82, 2.24) is 14.8 Å². The van der Waals surface area contributed by atoms with Crippen molar-refractivity contribution in [2.24, 2.45) is 5.10 Å². The highest BCUT2D eigenvalue weighted by Crippen LogP contribution is 2.33. The smallest absolute Gasteiger partial charge is 0.262 e. The molecular weight excluding hydrogens is 432 g/mol. The van der Waals surface area contributed by atoms with Gasteiger partial charge in [-0.2, -0.15) is 5.10 Å². The first-order valence-corrected chi connectivity index (χ1v) is 12.0. The van der Waals surface area contributed by atoms with Crippen LogP contribution in [0, 0.1) is 13.8 Å². The summed E-state index contributed by atoms with van der Waals surface area (Å²) in [4.78, 5) is 30.1. The number of furan rings is 1. The molecule has 182 valence electrons. The number of hydrogen-bond donors (Lipinski definition) is 0. The van der Waals surface area contributed by atoms with Crippen LogP contribution in [0.5, 0.6) is 0 Å². The van der Waals surface area contributed by atoms with Gasteiger partial charge in [0.15, 0.2) is 0 Å². The topological polar surface area (TPSA) is 78.6 Å². The lowest BCUT2D eigenvalue weighted by molar-refractivity contribution is -0.142. The number of hydrazone groups is 1. The van der Waals surface area contributed by atoms with E-state index in [0.717, 1.165) is 30.9 Å². The number of hydrogen-bond acceptors (Lipinski definition) is 6. The van der Waals surface area contributed by atoms with Gasteiger partial charge in [-0.05, 0) is 48.7 Å². The van der Waals surface area contributed by atoms with Crippen molar-refractivity contribution in [3.8, 4) is 0 Å². The Kier molecular flexibility index (Phi) is 7.80. The van der Waals surface area contributed by atoms with Crippen LogP contribution in [0.15, 0.2) is 46.1 Å². The van der Waals surface area contributed by atoms with Crippen LogP contribution in [0.3, 0.4) is 0 Å². The average molecular weight is 467 g/mol. The van der Waals surface area contributed by atoms with Gasteiger partial charge in [-0.1, -0.05) is 19.1 Å². The van der Waals surface area contributed by atoms with Crippen LogP contribution < -0.4 is 0 Å². The van der Waals surface area contributed by atoms with Crippen LogP contribution in [0.25, 0.3) is 0 Å². The Morgan fingerprint density at radius 3 is 2.62 bits per heavy atom. The van der Waals surface area contributed by atoms with Crippen molar-refractivity contribution in [3.63, 3.8) is 0 Å². The molecule has 0 saturated carbocycles. The number of nitrogens with zero attached hydrogens (tertiary/aromatic N) is 4. The molecule has 8 heteroatoms. The number of rotatable bonds is 8. The summed E-state index contributed by atoms with van der Waals surface area (Å²) in [7, 11) is 0. The van der Waals surface area contributed by atoms with Gasteiger partial charge in [0.25, 0.3) is 5.91 Å². The maximum atomic E-state index is 13.5. The second kappa shape index (κ2) is 11.0. The maximum Gasteiger partial charge on any atom is 0.262 e. The van der Waals surface area contributed by atoms with Crippen LogP contribution in [0.2, 0.25) is 0 Å². The third-order valence-electron chi connectivity index (χ3n) is 6.65. The van der Waals surface area contributed by atoms with Gasteiger partial charge < -0.3 is 14.1 Å². The van der Waals surface area contributed by atoms with Gasteiger partial charge in [-0.15, -0.1) is 0 Å². The zero-order valence-corrected chi connectivity index (χ0v) is 20.3. The summed E-state index contributed by atoms with van der Waals surface area (Å²) in [5, 5.41) is 6.24. The zero-order valence-electron chi connectivity index (χ0n) is 20.3. The van der Waals surface area contributed by atoms with Crippen LogP contribution >= 0.6 is 0 Å². The summed E-state index contributed by atoms with van der Waals surface area (Å²) in [6.07, 6.45) is 2.54. The Labute approximate surface area is 201 Å². The molecule has 2 aliphatic heterocycles. The Balaban J connectivity index is 1.52. The van der Waals surface area contributed by atoms with E-state index in [0.29, 0.717) is 38.4 Å². The monoisotopic (exact) mass is 466 g/mol. The maximum absolute atomic E-state index is 13.5. The summed E-state index contributed by atoms with van der Waals surface area (Å²) < 4.78 is 11.1. The largest absolute Gasteiger partial charge is 0.467 e. The SMILES string of the molecule is CCC(=O)N(CCN1CCOCC1)CC(=O)N1N=C(c2ccc(C)c(C)c2)CC1c1ccco1. The second-order valence-electron chi connectivity index (χ2n) is 8.94. The molecule has 1 aromatic carbocycles. The normalized spacial score (nSPS) is 18.7. The van der Waals surface area contributed by atoms with Gasteiger partial charge in [0.05, 0.1) is 25.2 Å². The first kappa shape index (κ1) is 24.2. The summed E-state index contributed by atoms with van der Waals surface area (Å²) >= 11 is 0. The van der Waals surface area contributed by atoms with Gasteiger partial charge in [-0.25, -0.2) is 5.01 Å². The summed E-state index contributed by atoms with van der Waals surface area (Å²) in [6.45, 7) is 10.3. The van der Waals surface area contributed by atoms with E-state index < -0.39 is 0 Å². The van der Waals surface area contributed by atoms with Crippen molar-refractivity contribution in [2.45, 2.75) is 39.7 Å². The van der Waals surface area contributed by atoms with Gasteiger partial charge in [-0.3, -0.25) is 14.5 Å². The third-order valence-corrected chi connectivity index (χ3v) is 6.65. The van der Waals surface area contributed by atoms with E-state index in [1.807, 2.05) is 25.1 Å². The molecule has 3 heterocycles. The molecule has 0 spiro atoms. The molecule has 1 atom stereocenters. The second-order valence-corrected chi connectivity index (χ2v) is 8.94. The van der Waals surface area contributed by atoms with Gasteiger partial charge >= 0.3 is 0 Å². The zero-order chi connectivity index (χ0) is 24.1. The molecular formula is C26H34N4O4. The first-order valence-electron chi connectivity index (χ1n) is 12.0. The highest BCUT2D eigenvalue weighted by molar-refractivity contribution is 6.03. The van der Waals surface area contributed by atoms with Crippen molar-refractivity contribution >= 4 is 17.5 Å². The molecule has 4 rings (SSSR count). The molecule has 1 fully saturated rings. The molecule has 0 aliphatic carbocycles. The predicted molar refractivity (Wildman–Crippen MR) is 129 cm³/mol. The molecule has 2 aliphatic rings. The lowest BCUT2D eigenvalue weighted by atomic mass is 9.99. The molecule has 1 saturated heterocycles. The molecule has 0 radical (unpaired) electrons. The Hall–Kier alpha value is -2.97. The van der Waals surface area contributed by atoms with Crippen molar-refractivity contribution in [1.29, 1.82) is 0 Å². The average Bonchev–Trinajstić information content (AvgIpc) is 3.54. The Morgan fingerprint density at radius 2 is 1.94 bits per heavy atom. The summed E-state index contributed by atoms with van der Waals surface area (Å²) in [5.41, 5.74) is 4.25. The molecule has 0 bridgehead atoms. The van der Waals surface area contributed by atoms with Crippen LogP contribution in [0.4, 0.5) is 0 Å². The van der Waals surface area contributed by atoms with E-state index in [1.165, 1.54) is 16.1 Å². The Morgan fingerprint density at radius 1 is 1.15 bits per heavy atom. The number of ether oxygens (including phenoxy) is 1. The number of benzene rings is 1. The molecule has 0 N–H and O–H groups in total. The number of morpholine rings is 1. The number of carbonyl (C=O) groups excluding carboxylic acids is 2. The van der Waals surface area contributed by atoms with E-state index in [1.54, 1.807) is 11.2 Å². The van der Waals surface area contributed by atoms with Gasteiger partial charge in [0, 0.05) is 39.0 Å². The predicted octanol–water partition coefficient (Wildman–Crippen LogP) is 3.14. The van der Waals surface area contributed by atoms with Crippen molar-refractivity contribution < 1.29 is 18.7 Å². The highest BCUT2D eigenvalue weighted by Gasteiger charge is 2.36. The van der Waals surface area contributed by atoms with Crippen LogP contribution in [0.1, 0.15) is 48.3 Å². The van der Waals surface area contributed by atoms with E-state index >= 15 is 0 Å². The summed E-state index contributed by atoms with van der Waals surface area (Å²) in [5.74, 6) is 0.454. The fourth-order valence-electron chi connectivity index (χ4n) is 4.38. The van der Waals surface area contributed by atoms with Crippen LogP contribution in [-0.2, 0) is 14.3 Å². The van der Waals surface area contributed by atoms with Crippen molar-refractivity contribution in [2.75, 3.05) is 45.9 Å². The minimum absolute atomic E-state index is 0.00206. The van der Waals surface area contributed by atoms with Crippen LogP contribution in [-0.4, -0.2) is 78.3 Å². The van der Waals surface area contributed by atoms with E-state index in [-0.39, 0.29) is 24.4 Å².